The summed E-state index contributed by atoms with van der Waals surface area (Å²) in [6, 6.07) is 0. The van der Waals surface area contributed by atoms with Gasteiger partial charge in [-0.3, -0.25) is 9.59 Å². The molecule has 4 N–H and O–H groups in total. The standard InChI is InChI=1S/C5H8N2O2/c6-4(8)2-1-3(2)5(7)9/h2-3H,1H2,(H2,6,8)(H2,7,9)/t2-,3-/m1/s1. The Morgan fingerprint density at radius 2 is 1.44 bits per heavy atom. The van der Waals surface area contributed by atoms with Crippen LogP contribution in [0.5, 0.6) is 0 Å². The zero-order valence-corrected chi connectivity index (χ0v) is 4.83. The molecule has 0 heterocycles. The van der Waals surface area contributed by atoms with Gasteiger partial charge in [0.1, 0.15) is 0 Å². The van der Waals surface area contributed by atoms with E-state index in [9.17, 15) is 9.59 Å². The molecule has 4 heteroatoms. The molecule has 4 nitrogen and oxygen atoms in total. The molecule has 0 unspecified atom stereocenters. The maximum atomic E-state index is 10.3. The molecule has 0 saturated heterocycles. The van der Waals surface area contributed by atoms with Crippen molar-refractivity contribution < 1.29 is 9.59 Å². The molecule has 1 fully saturated rings. The second kappa shape index (κ2) is 1.72. The predicted octanol–water partition coefficient (Wildman–Crippen LogP) is -1.41. The van der Waals surface area contributed by atoms with Gasteiger partial charge in [-0.1, -0.05) is 0 Å². The summed E-state index contributed by atoms with van der Waals surface area (Å²) in [4.78, 5) is 20.6. The van der Waals surface area contributed by atoms with Crippen LogP contribution in [0.15, 0.2) is 0 Å². The van der Waals surface area contributed by atoms with Gasteiger partial charge < -0.3 is 11.5 Å². The lowest BCUT2D eigenvalue weighted by Gasteiger charge is -1.86. The van der Waals surface area contributed by atoms with Gasteiger partial charge in [0, 0.05) is 0 Å². The molecular formula is C5H8N2O2. The second-order valence-electron chi connectivity index (χ2n) is 2.25. The average Bonchev–Trinajstić information content (AvgIpc) is 2.39. The Morgan fingerprint density at radius 1 is 1.11 bits per heavy atom. The smallest absolute Gasteiger partial charge is 0.221 e. The predicted molar refractivity (Wildman–Crippen MR) is 30.0 cm³/mol. The molecule has 0 aliphatic heterocycles. The first-order valence-corrected chi connectivity index (χ1v) is 2.71. The van der Waals surface area contributed by atoms with Crippen LogP contribution in [0.4, 0.5) is 0 Å². The largest absolute Gasteiger partial charge is 0.369 e. The second-order valence-corrected chi connectivity index (χ2v) is 2.25. The van der Waals surface area contributed by atoms with E-state index in [-0.39, 0.29) is 11.8 Å². The molecule has 0 aromatic carbocycles. The molecule has 1 saturated carbocycles. The number of carbonyl (C=O) groups excluding carboxylic acids is 2. The minimum Gasteiger partial charge on any atom is -0.369 e. The summed E-state index contributed by atoms with van der Waals surface area (Å²) in [6.45, 7) is 0. The van der Waals surface area contributed by atoms with Crippen LogP contribution in [0.3, 0.4) is 0 Å². The van der Waals surface area contributed by atoms with Crippen molar-refractivity contribution in [1.29, 1.82) is 0 Å². The third-order valence-corrected chi connectivity index (χ3v) is 1.52. The Balaban J connectivity index is 2.42. The molecule has 2 amide bonds. The van der Waals surface area contributed by atoms with Crippen LogP contribution in [0.2, 0.25) is 0 Å². The molecule has 50 valence electrons. The van der Waals surface area contributed by atoms with E-state index >= 15 is 0 Å². The van der Waals surface area contributed by atoms with Gasteiger partial charge in [-0.25, -0.2) is 0 Å². The molecule has 0 radical (unpaired) electrons. The minimum atomic E-state index is -0.418. The van der Waals surface area contributed by atoms with Crippen molar-refractivity contribution in [2.24, 2.45) is 23.3 Å². The van der Waals surface area contributed by atoms with Crippen LogP contribution in [0.1, 0.15) is 6.42 Å². The summed E-state index contributed by atoms with van der Waals surface area (Å²) >= 11 is 0. The van der Waals surface area contributed by atoms with E-state index in [1.165, 1.54) is 0 Å². The van der Waals surface area contributed by atoms with E-state index in [1.807, 2.05) is 0 Å². The molecule has 0 aromatic rings. The Bertz CT molecular complexity index is 148. The Kier molecular flexibility index (Phi) is 1.16. The lowest BCUT2D eigenvalue weighted by molar-refractivity contribution is -0.124. The summed E-state index contributed by atoms with van der Waals surface area (Å²) in [5.74, 6) is -1.39. The van der Waals surface area contributed by atoms with Gasteiger partial charge >= 0.3 is 0 Å². The van der Waals surface area contributed by atoms with Gasteiger partial charge in [0.2, 0.25) is 11.8 Å². The van der Waals surface area contributed by atoms with E-state index in [2.05, 4.69) is 0 Å². The zero-order chi connectivity index (χ0) is 7.02. The van der Waals surface area contributed by atoms with Crippen LogP contribution in [-0.2, 0) is 9.59 Å². The first-order chi connectivity index (χ1) is 4.13. The zero-order valence-electron chi connectivity index (χ0n) is 4.83. The summed E-state index contributed by atoms with van der Waals surface area (Å²) in [7, 11) is 0. The molecular weight excluding hydrogens is 120 g/mol. The number of hydrogen-bond donors (Lipinski definition) is 2. The number of amides is 2. The summed E-state index contributed by atoms with van der Waals surface area (Å²) < 4.78 is 0. The monoisotopic (exact) mass is 128 g/mol. The van der Waals surface area contributed by atoms with Gasteiger partial charge in [0.25, 0.3) is 0 Å². The third kappa shape index (κ3) is 1.01. The maximum Gasteiger partial charge on any atom is 0.221 e. The van der Waals surface area contributed by atoms with E-state index in [1.54, 1.807) is 0 Å². The molecule has 0 bridgehead atoms. The van der Waals surface area contributed by atoms with Gasteiger partial charge in [-0.2, -0.15) is 0 Å². The van der Waals surface area contributed by atoms with Crippen molar-refractivity contribution in [1.82, 2.24) is 0 Å². The summed E-state index contributed by atoms with van der Waals surface area (Å²) in [5.41, 5.74) is 9.76. The highest BCUT2D eigenvalue weighted by molar-refractivity contribution is 5.90. The fourth-order valence-electron chi connectivity index (χ4n) is 0.824. The van der Waals surface area contributed by atoms with Crippen LogP contribution in [-0.4, -0.2) is 11.8 Å². The SMILES string of the molecule is NC(=O)[C@@H]1C[C@H]1C(N)=O. The average molecular weight is 128 g/mol. The van der Waals surface area contributed by atoms with E-state index in [0.717, 1.165) is 0 Å². The highest BCUT2D eigenvalue weighted by Gasteiger charge is 2.45. The summed E-state index contributed by atoms with van der Waals surface area (Å²) in [6.07, 6.45) is 0.546. The van der Waals surface area contributed by atoms with E-state index in [0.29, 0.717) is 6.42 Å². The molecule has 2 atom stereocenters. The molecule has 1 aliphatic rings. The van der Waals surface area contributed by atoms with Crippen LogP contribution in [0.25, 0.3) is 0 Å². The van der Waals surface area contributed by atoms with E-state index < -0.39 is 11.8 Å². The highest BCUT2D eigenvalue weighted by atomic mass is 16.2. The van der Waals surface area contributed by atoms with Crippen molar-refractivity contribution in [2.75, 3.05) is 0 Å². The quantitative estimate of drug-likeness (QED) is 0.478. The van der Waals surface area contributed by atoms with E-state index in [4.69, 9.17) is 11.5 Å². The van der Waals surface area contributed by atoms with Crippen LogP contribution < -0.4 is 11.5 Å². The van der Waals surface area contributed by atoms with Gasteiger partial charge in [0.15, 0.2) is 0 Å². The number of hydrogen-bond acceptors (Lipinski definition) is 2. The molecule has 1 rings (SSSR count). The number of nitrogens with two attached hydrogens (primary N) is 2. The highest BCUT2D eigenvalue weighted by Crippen LogP contribution is 2.37. The summed E-state index contributed by atoms with van der Waals surface area (Å²) in [5, 5.41) is 0. The fourth-order valence-corrected chi connectivity index (χ4v) is 0.824. The topological polar surface area (TPSA) is 86.2 Å². The molecule has 0 spiro atoms. The van der Waals surface area contributed by atoms with Crippen molar-refractivity contribution in [3.05, 3.63) is 0 Å². The molecule has 9 heavy (non-hydrogen) atoms. The number of primary amides is 2. The van der Waals surface area contributed by atoms with Crippen molar-refractivity contribution in [3.8, 4) is 0 Å². The van der Waals surface area contributed by atoms with Gasteiger partial charge in [-0.15, -0.1) is 0 Å². The normalized spacial score (nSPS) is 31.6. The van der Waals surface area contributed by atoms with Crippen molar-refractivity contribution in [2.45, 2.75) is 6.42 Å². The maximum absolute atomic E-state index is 10.3. The number of rotatable bonds is 2. The lowest BCUT2D eigenvalue weighted by atomic mass is 10.3. The van der Waals surface area contributed by atoms with Crippen molar-refractivity contribution >= 4 is 11.8 Å². The van der Waals surface area contributed by atoms with Crippen LogP contribution in [0, 0.1) is 11.8 Å². The molecule has 0 aromatic heterocycles. The first-order valence-electron chi connectivity index (χ1n) is 2.71. The van der Waals surface area contributed by atoms with Gasteiger partial charge in [0.05, 0.1) is 11.8 Å². The Labute approximate surface area is 52.2 Å². The fraction of sp³-hybridized carbons (Fsp3) is 0.600. The minimum absolute atomic E-state index is 0.275. The van der Waals surface area contributed by atoms with Gasteiger partial charge in [-0.05, 0) is 6.42 Å². The Hall–Kier alpha value is -1.06. The van der Waals surface area contributed by atoms with Crippen molar-refractivity contribution in [3.63, 3.8) is 0 Å². The lowest BCUT2D eigenvalue weighted by Crippen LogP contribution is -2.20. The first kappa shape index (κ1) is 6.07. The number of carbonyl (C=O) groups is 2. The Morgan fingerprint density at radius 3 is 1.56 bits per heavy atom. The molecule has 1 aliphatic carbocycles. The third-order valence-electron chi connectivity index (χ3n) is 1.52. The van der Waals surface area contributed by atoms with Crippen LogP contribution >= 0.6 is 0 Å².